The van der Waals surface area contributed by atoms with Gasteiger partial charge >= 0.3 is 0 Å². The minimum atomic E-state index is -3.59. The summed E-state index contributed by atoms with van der Waals surface area (Å²) in [6.07, 6.45) is 1.50. The van der Waals surface area contributed by atoms with Crippen LogP contribution in [0.4, 0.5) is 10.1 Å². The fourth-order valence-electron chi connectivity index (χ4n) is 2.34. The first kappa shape index (κ1) is 21.0. The zero-order chi connectivity index (χ0) is 21.0. The summed E-state index contributed by atoms with van der Waals surface area (Å²) in [5, 5.41) is 2.95. The third-order valence-electron chi connectivity index (χ3n) is 3.84. The lowest BCUT2D eigenvalue weighted by atomic mass is 10.2. The number of thioether (sulfide) groups is 1. The van der Waals surface area contributed by atoms with Crippen molar-refractivity contribution in [1.29, 1.82) is 0 Å². The normalized spacial score (nSPS) is 11.6. The molecule has 0 spiro atoms. The first-order chi connectivity index (χ1) is 13.8. The standard InChI is InChI=1S/C19H18FN3O4S2/c1-23(2)29(25,26)16-5-3-4-15(10-16)22-18(24)12-28-19-21-11-17(27-19)13-6-8-14(20)9-7-13/h3-11H,12H2,1-2H3,(H,22,24). The maximum atomic E-state index is 13.0. The zero-order valence-corrected chi connectivity index (χ0v) is 17.3. The maximum absolute atomic E-state index is 13.0. The lowest BCUT2D eigenvalue weighted by Crippen LogP contribution is -2.22. The van der Waals surface area contributed by atoms with Crippen LogP contribution in [0.2, 0.25) is 0 Å². The van der Waals surface area contributed by atoms with Crippen molar-refractivity contribution in [1.82, 2.24) is 9.29 Å². The minimum absolute atomic E-state index is 0.0219. The number of sulfonamides is 1. The monoisotopic (exact) mass is 435 g/mol. The van der Waals surface area contributed by atoms with Gasteiger partial charge in [-0.1, -0.05) is 17.8 Å². The number of halogens is 1. The molecule has 3 aromatic rings. The molecule has 0 bridgehead atoms. The Kier molecular flexibility index (Phi) is 6.36. The topological polar surface area (TPSA) is 92.5 Å². The van der Waals surface area contributed by atoms with Crippen LogP contribution in [-0.2, 0) is 14.8 Å². The summed E-state index contributed by atoms with van der Waals surface area (Å²) >= 11 is 1.09. The molecule has 0 saturated heterocycles. The number of hydrogen-bond donors (Lipinski definition) is 1. The number of nitrogens with one attached hydrogen (secondary N) is 1. The molecule has 2 aromatic carbocycles. The minimum Gasteiger partial charge on any atom is -0.431 e. The maximum Gasteiger partial charge on any atom is 0.256 e. The number of carbonyl (C=O) groups excluding carboxylic acids is 1. The molecular formula is C19H18FN3O4S2. The Bertz CT molecular complexity index is 1110. The highest BCUT2D eigenvalue weighted by Gasteiger charge is 2.18. The van der Waals surface area contributed by atoms with Crippen molar-refractivity contribution >= 4 is 33.4 Å². The van der Waals surface area contributed by atoms with Gasteiger partial charge in [-0.05, 0) is 42.5 Å². The first-order valence-electron chi connectivity index (χ1n) is 8.43. The molecular weight excluding hydrogens is 417 g/mol. The van der Waals surface area contributed by atoms with Gasteiger partial charge in [0.1, 0.15) is 5.82 Å². The largest absolute Gasteiger partial charge is 0.431 e. The molecule has 29 heavy (non-hydrogen) atoms. The van der Waals surface area contributed by atoms with E-state index in [0.717, 1.165) is 16.1 Å². The molecule has 0 aliphatic rings. The summed E-state index contributed by atoms with van der Waals surface area (Å²) in [6, 6.07) is 11.8. The van der Waals surface area contributed by atoms with Crippen LogP contribution < -0.4 is 5.32 Å². The second-order valence-corrected chi connectivity index (χ2v) is 9.23. The Morgan fingerprint density at radius 1 is 1.21 bits per heavy atom. The molecule has 0 saturated carbocycles. The van der Waals surface area contributed by atoms with Crippen LogP contribution in [0.5, 0.6) is 0 Å². The molecule has 0 atom stereocenters. The van der Waals surface area contributed by atoms with Gasteiger partial charge in [0.15, 0.2) is 5.76 Å². The van der Waals surface area contributed by atoms with Crippen molar-refractivity contribution in [2.45, 2.75) is 10.1 Å². The van der Waals surface area contributed by atoms with E-state index in [-0.39, 0.29) is 22.4 Å². The van der Waals surface area contributed by atoms with Crippen LogP contribution in [0.25, 0.3) is 11.3 Å². The predicted octanol–water partition coefficient (Wildman–Crippen LogP) is 3.46. The average Bonchev–Trinajstić information content (AvgIpc) is 3.16. The molecule has 1 amide bonds. The van der Waals surface area contributed by atoms with E-state index in [2.05, 4.69) is 10.3 Å². The van der Waals surface area contributed by atoms with Crippen LogP contribution in [0.3, 0.4) is 0 Å². The van der Waals surface area contributed by atoms with Gasteiger partial charge in [0.25, 0.3) is 5.22 Å². The van der Waals surface area contributed by atoms with Gasteiger partial charge in [-0.3, -0.25) is 4.79 Å². The lowest BCUT2D eigenvalue weighted by Gasteiger charge is -2.12. The number of rotatable bonds is 7. The van der Waals surface area contributed by atoms with Gasteiger partial charge in [0, 0.05) is 25.3 Å². The molecule has 0 aliphatic heterocycles. The molecule has 0 aliphatic carbocycles. The second-order valence-electron chi connectivity index (χ2n) is 6.15. The third kappa shape index (κ3) is 5.22. The highest BCUT2D eigenvalue weighted by molar-refractivity contribution is 7.99. The van der Waals surface area contributed by atoms with Gasteiger partial charge < -0.3 is 9.73 Å². The molecule has 0 unspecified atom stereocenters. The summed E-state index contributed by atoms with van der Waals surface area (Å²) in [7, 11) is -0.712. The average molecular weight is 436 g/mol. The highest BCUT2D eigenvalue weighted by Crippen LogP contribution is 2.26. The molecule has 1 heterocycles. The number of oxazole rings is 1. The quantitative estimate of drug-likeness (QED) is 0.572. The van der Waals surface area contributed by atoms with Crippen molar-refractivity contribution in [3.8, 4) is 11.3 Å². The molecule has 3 rings (SSSR count). The molecule has 1 aromatic heterocycles. The van der Waals surface area contributed by atoms with Gasteiger partial charge in [-0.2, -0.15) is 0 Å². The van der Waals surface area contributed by atoms with E-state index >= 15 is 0 Å². The summed E-state index contributed by atoms with van der Waals surface area (Å²) < 4.78 is 44.0. The van der Waals surface area contributed by atoms with E-state index in [1.54, 1.807) is 24.3 Å². The van der Waals surface area contributed by atoms with Crippen molar-refractivity contribution in [2.24, 2.45) is 0 Å². The van der Waals surface area contributed by atoms with E-state index < -0.39 is 10.0 Å². The van der Waals surface area contributed by atoms with Gasteiger partial charge in [-0.15, -0.1) is 0 Å². The fraction of sp³-hybridized carbons (Fsp3) is 0.158. The molecule has 0 radical (unpaired) electrons. The third-order valence-corrected chi connectivity index (χ3v) is 6.49. The number of benzene rings is 2. The van der Waals surface area contributed by atoms with Crippen molar-refractivity contribution in [3.05, 3.63) is 60.5 Å². The molecule has 7 nitrogen and oxygen atoms in total. The van der Waals surface area contributed by atoms with Crippen LogP contribution in [0.1, 0.15) is 0 Å². The SMILES string of the molecule is CN(C)S(=O)(=O)c1cccc(NC(=O)CSc2ncc(-c3ccc(F)cc3)o2)c1. The van der Waals surface area contributed by atoms with Crippen molar-refractivity contribution < 1.29 is 22.0 Å². The number of anilines is 1. The number of nitrogens with zero attached hydrogens (tertiary/aromatic N) is 2. The number of aromatic nitrogens is 1. The van der Waals surface area contributed by atoms with Crippen LogP contribution in [0, 0.1) is 5.82 Å². The van der Waals surface area contributed by atoms with E-state index in [4.69, 9.17) is 4.42 Å². The van der Waals surface area contributed by atoms with E-state index in [1.165, 1.54) is 44.6 Å². The van der Waals surface area contributed by atoms with Crippen LogP contribution in [0.15, 0.2) is 69.3 Å². The van der Waals surface area contributed by atoms with Crippen LogP contribution >= 0.6 is 11.8 Å². The summed E-state index contributed by atoms with van der Waals surface area (Å²) in [6.45, 7) is 0. The first-order valence-corrected chi connectivity index (χ1v) is 10.9. The Balaban J connectivity index is 1.60. The van der Waals surface area contributed by atoms with Gasteiger partial charge in [-0.25, -0.2) is 22.1 Å². The number of hydrogen-bond acceptors (Lipinski definition) is 6. The smallest absolute Gasteiger partial charge is 0.256 e. The van der Waals surface area contributed by atoms with Crippen LogP contribution in [-0.4, -0.2) is 43.5 Å². The molecule has 0 fully saturated rings. The van der Waals surface area contributed by atoms with E-state index in [0.29, 0.717) is 22.2 Å². The fourth-order valence-corrected chi connectivity index (χ4v) is 3.89. The summed E-state index contributed by atoms with van der Waals surface area (Å²) in [5.41, 5.74) is 1.05. The number of carbonyl (C=O) groups is 1. The summed E-state index contributed by atoms with van der Waals surface area (Å²) in [5.74, 6) is -0.193. The Morgan fingerprint density at radius 2 is 1.93 bits per heavy atom. The predicted molar refractivity (Wildman–Crippen MR) is 109 cm³/mol. The van der Waals surface area contributed by atoms with Crippen molar-refractivity contribution in [2.75, 3.05) is 25.2 Å². The number of amides is 1. The van der Waals surface area contributed by atoms with Crippen molar-refractivity contribution in [3.63, 3.8) is 0 Å². The van der Waals surface area contributed by atoms with E-state index in [1.807, 2.05) is 0 Å². The lowest BCUT2D eigenvalue weighted by molar-refractivity contribution is -0.113. The Morgan fingerprint density at radius 3 is 2.62 bits per heavy atom. The van der Waals surface area contributed by atoms with Gasteiger partial charge in [0.05, 0.1) is 16.8 Å². The Hall–Kier alpha value is -2.69. The summed E-state index contributed by atoms with van der Waals surface area (Å²) in [4.78, 5) is 16.4. The molecule has 1 N–H and O–H groups in total. The highest BCUT2D eigenvalue weighted by atomic mass is 32.2. The zero-order valence-electron chi connectivity index (χ0n) is 15.6. The molecule has 10 heteroatoms. The Labute approximate surface area is 172 Å². The second kappa shape index (κ2) is 8.76. The van der Waals surface area contributed by atoms with E-state index in [9.17, 15) is 17.6 Å². The molecule has 152 valence electrons. The van der Waals surface area contributed by atoms with Gasteiger partial charge in [0.2, 0.25) is 15.9 Å².